The molecule has 2 heteroatoms. The molecule has 2 aliphatic rings. The van der Waals surface area contributed by atoms with Crippen molar-refractivity contribution in [3.63, 3.8) is 0 Å². The predicted molar refractivity (Wildman–Crippen MR) is 93.5 cm³/mol. The molecule has 0 radical (unpaired) electrons. The van der Waals surface area contributed by atoms with Crippen LogP contribution in [0.2, 0.25) is 0 Å². The number of allylic oxidation sites excluding steroid dienone is 3. The lowest BCUT2D eigenvalue weighted by Gasteiger charge is -2.34. The number of rotatable bonds is 5. The fraction of sp³-hybridized carbons (Fsp3) is 0.750. The van der Waals surface area contributed by atoms with Gasteiger partial charge in [-0.1, -0.05) is 38.0 Å². The van der Waals surface area contributed by atoms with Gasteiger partial charge in [0.1, 0.15) is 0 Å². The maximum atomic E-state index is 12.2. The van der Waals surface area contributed by atoms with E-state index in [0.29, 0.717) is 11.8 Å². The zero-order chi connectivity index (χ0) is 16.3. The van der Waals surface area contributed by atoms with Crippen LogP contribution in [0.15, 0.2) is 22.8 Å². The third kappa shape index (κ3) is 4.02. The Morgan fingerprint density at radius 3 is 2.73 bits per heavy atom. The van der Waals surface area contributed by atoms with Crippen LogP contribution in [0.4, 0.5) is 0 Å². The number of hydrogen-bond acceptors (Lipinski definition) is 1. The van der Waals surface area contributed by atoms with Crippen molar-refractivity contribution in [1.82, 2.24) is 5.32 Å². The van der Waals surface area contributed by atoms with Crippen LogP contribution >= 0.6 is 0 Å². The van der Waals surface area contributed by atoms with E-state index in [-0.39, 0.29) is 5.91 Å². The summed E-state index contributed by atoms with van der Waals surface area (Å²) in [6.07, 6.45) is 8.38. The fourth-order valence-corrected chi connectivity index (χ4v) is 4.13. The molecule has 0 spiro atoms. The summed E-state index contributed by atoms with van der Waals surface area (Å²) >= 11 is 0. The Morgan fingerprint density at radius 1 is 1.32 bits per heavy atom. The van der Waals surface area contributed by atoms with Gasteiger partial charge in [-0.15, -0.1) is 0 Å². The average molecular weight is 303 g/mol. The molecule has 0 heterocycles. The van der Waals surface area contributed by atoms with Gasteiger partial charge in [0.2, 0.25) is 5.91 Å². The molecule has 0 bridgehead atoms. The third-order valence-electron chi connectivity index (χ3n) is 5.56. The molecule has 2 aliphatic carbocycles. The molecule has 1 N–H and O–H groups in total. The molecule has 3 atom stereocenters. The maximum Gasteiger partial charge on any atom is 0.246 e. The molecule has 0 aromatic heterocycles. The molecule has 2 rings (SSSR count). The topological polar surface area (TPSA) is 29.1 Å². The molecule has 1 amide bonds. The van der Waals surface area contributed by atoms with Gasteiger partial charge in [-0.3, -0.25) is 4.79 Å². The SMILES string of the molecule is CC1=C2[C@H](/C=C(\C)C(=O)NCCC(C)C)CC[C@@H](C)[C@H]2CC1. The minimum Gasteiger partial charge on any atom is -0.352 e. The number of carbonyl (C=O) groups is 1. The zero-order valence-electron chi connectivity index (χ0n) is 15.0. The molecule has 0 aromatic rings. The summed E-state index contributed by atoms with van der Waals surface area (Å²) in [5.41, 5.74) is 4.15. The molecule has 0 unspecified atom stereocenters. The molecule has 1 saturated carbocycles. The van der Waals surface area contributed by atoms with Gasteiger partial charge < -0.3 is 5.32 Å². The molecular formula is C20H33NO. The van der Waals surface area contributed by atoms with Gasteiger partial charge in [0, 0.05) is 12.1 Å². The molecular weight excluding hydrogens is 270 g/mol. The highest BCUT2D eigenvalue weighted by Crippen LogP contribution is 2.48. The van der Waals surface area contributed by atoms with Crippen LogP contribution in [0, 0.1) is 23.7 Å². The van der Waals surface area contributed by atoms with E-state index in [0.717, 1.165) is 30.4 Å². The number of amides is 1. The quantitative estimate of drug-likeness (QED) is 0.570. The second-order valence-electron chi connectivity index (χ2n) is 7.83. The second kappa shape index (κ2) is 7.48. The van der Waals surface area contributed by atoms with Gasteiger partial charge in [0.05, 0.1) is 0 Å². The van der Waals surface area contributed by atoms with E-state index in [1.54, 1.807) is 11.1 Å². The van der Waals surface area contributed by atoms with Crippen molar-refractivity contribution in [3.8, 4) is 0 Å². The normalized spacial score (nSPS) is 29.0. The van der Waals surface area contributed by atoms with Crippen LogP contribution in [-0.4, -0.2) is 12.5 Å². The van der Waals surface area contributed by atoms with Crippen molar-refractivity contribution >= 4 is 5.91 Å². The molecule has 1 fully saturated rings. The van der Waals surface area contributed by atoms with Gasteiger partial charge in [-0.25, -0.2) is 0 Å². The van der Waals surface area contributed by atoms with Gasteiger partial charge in [0.15, 0.2) is 0 Å². The number of hydrogen-bond donors (Lipinski definition) is 1. The lowest BCUT2D eigenvalue weighted by Crippen LogP contribution is -2.27. The molecule has 2 nitrogen and oxygen atoms in total. The highest BCUT2D eigenvalue weighted by atomic mass is 16.1. The Hall–Kier alpha value is -1.05. The summed E-state index contributed by atoms with van der Waals surface area (Å²) in [6, 6.07) is 0. The Bertz CT molecular complexity index is 472. The third-order valence-corrected chi connectivity index (χ3v) is 5.56. The molecule has 22 heavy (non-hydrogen) atoms. The summed E-state index contributed by atoms with van der Waals surface area (Å²) in [4.78, 5) is 12.2. The van der Waals surface area contributed by atoms with E-state index in [9.17, 15) is 4.79 Å². The van der Waals surface area contributed by atoms with E-state index in [2.05, 4.69) is 39.1 Å². The Labute approximate surface area is 136 Å². The van der Waals surface area contributed by atoms with Gasteiger partial charge in [-0.2, -0.15) is 0 Å². The Morgan fingerprint density at radius 2 is 2.05 bits per heavy atom. The van der Waals surface area contributed by atoms with Gasteiger partial charge in [-0.05, 0) is 69.6 Å². The van der Waals surface area contributed by atoms with Crippen LogP contribution in [0.5, 0.6) is 0 Å². The average Bonchev–Trinajstić information content (AvgIpc) is 2.84. The zero-order valence-corrected chi connectivity index (χ0v) is 15.0. The minimum atomic E-state index is 0.118. The Balaban J connectivity index is 2.01. The first-order valence-corrected chi connectivity index (χ1v) is 9.06. The summed E-state index contributed by atoms with van der Waals surface area (Å²) in [5.74, 6) is 2.84. The highest BCUT2D eigenvalue weighted by Gasteiger charge is 2.36. The Kier molecular flexibility index (Phi) is 5.88. The summed E-state index contributed by atoms with van der Waals surface area (Å²) in [6.45, 7) is 11.8. The smallest absolute Gasteiger partial charge is 0.246 e. The largest absolute Gasteiger partial charge is 0.352 e. The molecule has 0 saturated heterocycles. The van der Waals surface area contributed by atoms with E-state index in [1.807, 2.05) is 6.92 Å². The van der Waals surface area contributed by atoms with E-state index in [1.165, 1.54) is 25.7 Å². The second-order valence-corrected chi connectivity index (χ2v) is 7.83. The lowest BCUT2D eigenvalue weighted by molar-refractivity contribution is -0.117. The first-order chi connectivity index (χ1) is 10.4. The molecule has 0 aliphatic heterocycles. The molecule has 0 aromatic carbocycles. The van der Waals surface area contributed by atoms with Crippen molar-refractivity contribution < 1.29 is 4.79 Å². The van der Waals surface area contributed by atoms with Gasteiger partial charge >= 0.3 is 0 Å². The summed E-state index contributed by atoms with van der Waals surface area (Å²) in [5, 5.41) is 3.06. The van der Waals surface area contributed by atoms with Crippen molar-refractivity contribution in [3.05, 3.63) is 22.8 Å². The van der Waals surface area contributed by atoms with E-state index >= 15 is 0 Å². The monoisotopic (exact) mass is 303 g/mol. The van der Waals surface area contributed by atoms with Crippen LogP contribution in [0.1, 0.15) is 66.7 Å². The maximum absolute atomic E-state index is 12.2. The van der Waals surface area contributed by atoms with Crippen LogP contribution in [0.25, 0.3) is 0 Å². The van der Waals surface area contributed by atoms with E-state index < -0.39 is 0 Å². The number of nitrogens with one attached hydrogen (secondary N) is 1. The van der Waals surface area contributed by atoms with Crippen LogP contribution < -0.4 is 5.32 Å². The summed E-state index contributed by atoms with van der Waals surface area (Å²) in [7, 11) is 0. The number of carbonyl (C=O) groups excluding carboxylic acids is 1. The standard InChI is InChI=1S/C20H33NO/c1-13(2)10-11-21-20(22)16(5)12-17-8-6-14(3)18-9-7-15(4)19(17)18/h12-14,17-18H,6-11H2,1-5H3,(H,21,22)/b16-12+/t14-,17+,18-/m1/s1. The van der Waals surface area contributed by atoms with Crippen molar-refractivity contribution in [1.29, 1.82) is 0 Å². The van der Waals surface area contributed by atoms with Crippen molar-refractivity contribution in [2.45, 2.75) is 66.7 Å². The highest BCUT2D eigenvalue weighted by molar-refractivity contribution is 5.92. The predicted octanol–water partition coefficient (Wildman–Crippen LogP) is 4.87. The van der Waals surface area contributed by atoms with Crippen molar-refractivity contribution in [2.75, 3.05) is 6.54 Å². The van der Waals surface area contributed by atoms with Crippen molar-refractivity contribution in [2.24, 2.45) is 23.7 Å². The first-order valence-electron chi connectivity index (χ1n) is 9.06. The van der Waals surface area contributed by atoms with E-state index in [4.69, 9.17) is 0 Å². The minimum absolute atomic E-state index is 0.118. The first kappa shape index (κ1) is 17.3. The molecule has 124 valence electrons. The fourth-order valence-electron chi connectivity index (χ4n) is 4.13. The van der Waals surface area contributed by atoms with Crippen LogP contribution in [0.3, 0.4) is 0 Å². The number of fused-ring (bicyclic) bond motifs is 1. The van der Waals surface area contributed by atoms with Gasteiger partial charge in [0.25, 0.3) is 0 Å². The van der Waals surface area contributed by atoms with Crippen LogP contribution in [-0.2, 0) is 4.79 Å². The lowest BCUT2D eigenvalue weighted by atomic mass is 9.71. The summed E-state index contributed by atoms with van der Waals surface area (Å²) < 4.78 is 0.